The molecule has 1 aromatic rings. The molecule has 1 aliphatic rings. The van der Waals surface area contributed by atoms with Gasteiger partial charge in [0.1, 0.15) is 0 Å². The minimum absolute atomic E-state index is 0.429. The third-order valence-electron chi connectivity index (χ3n) is 3.47. The fourth-order valence-corrected chi connectivity index (χ4v) is 2.49. The first-order chi connectivity index (χ1) is 8.68. The van der Waals surface area contributed by atoms with Gasteiger partial charge in [0.25, 0.3) is 0 Å². The Balaban J connectivity index is 2.01. The van der Waals surface area contributed by atoms with E-state index in [0.717, 1.165) is 19.3 Å². The number of carbonyl (C=O) groups is 2. The number of carboxylic acid groups (broad SMARTS) is 1. The first kappa shape index (κ1) is 12.6. The summed E-state index contributed by atoms with van der Waals surface area (Å²) in [6.45, 7) is 1.08. The third kappa shape index (κ3) is 2.88. The SMILES string of the molecule is O=C(O)C(=O)N1CCCC(c2ccccc2)CC1. The van der Waals surface area contributed by atoms with Gasteiger partial charge in [0.05, 0.1) is 0 Å². The summed E-state index contributed by atoms with van der Waals surface area (Å²) in [7, 11) is 0. The van der Waals surface area contributed by atoms with Gasteiger partial charge in [-0.3, -0.25) is 4.79 Å². The van der Waals surface area contributed by atoms with E-state index >= 15 is 0 Å². The van der Waals surface area contributed by atoms with Crippen LogP contribution in [0.1, 0.15) is 30.7 Å². The highest BCUT2D eigenvalue weighted by molar-refractivity contribution is 6.31. The van der Waals surface area contributed by atoms with Crippen molar-refractivity contribution in [1.82, 2.24) is 4.90 Å². The maximum Gasteiger partial charge on any atom is 0.394 e. The molecule has 1 atom stereocenters. The van der Waals surface area contributed by atoms with Crippen LogP contribution in [-0.2, 0) is 9.59 Å². The summed E-state index contributed by atoms with van der Waals surface area (Å²) in [5, 5.41) is 8.72. The van der Waals surface area contributed by atoms with Crippen LogP contribution in [0.2, 0.25) is 0 Å². The van der Waals surface area contributed by atoms with Crippen molar-refractivity contribution in [2.45, 2.75) is 25.2 Å². The van der Waals surface area contributed by atoms with E-state index in [-0.39, 0.29) is 0 Å². The summed E-state index contributed by atoms with van der Waals surface area (Å²) >= 11 is 0. The lowest BCUT2D eigenvalue weighted by atomic mass is 9.92. The lowest BCUT2D eigenvalue weighted by molar-refractivity contribution is -0.155. The molecule has 96 valence electrons. The molecule has 4 nitrogen and oxygen atoms in total. The second-order valence-electron chi connectivity index (χ2n) is 4.64. The minimum Gasteiger partial charge on any atom is -0.474 e. The van der Waals surface area contributed by atoms with Crippen molar-refractivity contribution in [3.63, 3.8) is 0 Å². The van der Waals surface area contributed by atoms with Gasteiger partial charge in [0.2, 0.25) is 0 Å². The molecule has 2 rings (SSSR count). The Morgan fingerprint density at radius 2 is 1.83 bits per heavy atom. The van der Waals surface area contributed by atoms with Gasteiger partial charge in [-0.1, -0.05) is 30.3 Å². The molecule has 1 aromatic carbocycles. The molecule has 0 spiro atoms. The molecule has 1 heterocycles. The standard InChI is InChI=1S/C14H17NO3/c16-13(14(17)18)15-9-4-7-12(8-10-15)11-5-2-1-3-6-11/h1-3,5-6,12H,4,7-10H2,(H,17,18). The van der Waals surface area contributed by atoms with E-state index in [2.05, 4.69) is 12.1 Å². The van der Waals surface area contributed by atoms with Crippen molar-refractivity contribution in [3.8, 4) is 0 Å². The molecule has 0 bridgehead atoms. The van der Waals surface area contributed by atoms with E-state index < -0.39 is 11.9 Å². The maximum atomic E-state index is 11.4. The average Bonchev–Trinajstić information content (AvgIpc) is 2.64. The second-order valence-corrected chi connectivity index (χ2v) is 4.64. The lowest BCUT2D eigenvalue weighted by Gasteiger charge is -2.18. The van der Waals surface area contributed by atoms with E-state index in [1.807, 2.05) is 18.2 Å². The Bertz CT molecular complexity index is 430. The van der Waals surface area contributed by atoms with Crippen LogP contribution in [0.15, 0.2) is 30.3 Å². The van der Waals surface area contributed by atoms with Crippen LogP contribution < -0.4 is 0 Å². The van der Waals surface area contributed by atoms with Crippen LogP contribution in [0.3, 0.4) is 0 Å². The maximum absolute atomic E-state index is 11.4. The Hall–Kier alpha value is -1.84. The monoisotopic (exact) mass is 247 g/mol. The van der Waals surface area contributed by atoms with E-state index in [1.54, 1.807) is 0 Å². The van der Waals surface area contributed by atoms with Gasteiger partial charge in [-0.15, -0.1) is 0 Å². The summed E-state index contributed by atoms with van der Waals surface area (Å²) in [6, 6.07) is 10.2. The normalized spacial score (nSPS) is 20.2. The van der Waals surface area contributed by atoms with Crippen LogP contribution in [-0.4, -0.2) is 35.0 Å². The number of hydrogen-bond donors (Lipinski definition) is 1. The number of rotatable bonds is 1. The van der Waals surface area contributed by atoms with Gasteiger partial charge >= 0.3 is 11.9 Å². The molecule has 0 radical (unpaired) electrons. The van der Waals surface area contributed by atoms with Gasteiger partial charge in [-0.2, -0.15) is 0 Å². The van der Waals surface area contributed by atoms with Crippen LogP contribution in [0, 0.1) is 0 Å². The topological polar surface area (TPSA) is 57.6 Å². The van der Waals surface area contributed by atoms with Gasteiger partial charge in [0, 0.05) is 13.1 Å². The van der Waals surface area contributed by atoms with Crippen LogP contribution in [0.5, 0.6) is 0 Å². The summed E-state index contributed by atoms with van der Waals surface area (Å²) in [5.74, 6) is -1.70. The van der Waals surface area contributed by atoms with Crippen molar-refractivity contribution in [2.75, 3.05) is 13.1 Å². The van der Waals surface area contributed by atoms with E-state index in [0.29, 0.717) is 19.0 Å². The van der Waals surface area contributed by atoms with Crippen molar-refractivity contribution >= 4 is 11.9 Å². The number of likely N-dealkylation sites (tertiary alicyclic amines) is 1. The molecule has 0 saturated carbocycles. The van der Waals surface area contributed by atoms with Gasteiger partial charge in [0.15, 0.2) is 0 Å². The molecule has 4 heteroatoms. The first-order valence-electron chi connectivity index (χ1n) is 6.25. The predicted octanol–water partition coefficient (Wildman–Crippen LogP) is 1.87. The summed E-state index contributed by atoms with van der Waals surface area (Å²) < 4.78 is 0. The molecule has 0 aliphatic carbocycles. The number of aliphatic carboxylic acids is 1. The smallest absolute Gasteiger partial charge is 0.394 e. The fraction of sp³-hybridized carbons (Fsp3) is 0.429. The Kier molecular flexibility index (Phi) is 3.97. The van der Waals surface area contributed by atoms with Crippen LogP contribution in [0.4, 0.5) is 0 Å². The number of hydrogen-bond acceptors (Lipinski definition) is 2. The van der Waals surface area contributed by atoms with Crippen molar-refractivity contribution in [1.29, 1.82) is 0 Å². The molecule has 1 saturated heterocycles. The van der Waals surface area contributed by atoms with Gasteiger partial charge in [-0.25, -0.2) is 4.79 Å². The molecule has 1 amide bonds. The average molecular weight is 247 g/mol. The molecular formula is C14H17NO3. The highest BCUT2D eigenvalue weighted by Crippen LogP contribution is 2.27. The van der Waals surface area contributed by atoms with Crippen molar-refractivity contribution in [3.05, 3.63) is 35.9 Å². The number of benzene rings is 1. The molecule has 1 unspecified atom stereocenters. The molecule has 0 aromatic heterocycles. The first-order valence-corrected chi connectivity index (χ1v) is 6.25. The third-order valence-corrected chi connectivity index (χ3v) is 3.47. The highest BCUT2D eigenvalue weighted by Gasteiger charge is 2.25. The van der Waals surface area contributed by atoms with Gasteiger partial charge < -0.3 is 10.0 Å². The largest absolute Gasteiger partial charge is 0.474 e. The molecule has 1 fully saturated rings. The zero-order valence-electron chi connectivity index (χ0n) is 10.2. The van der Waals surface area contributed by atoms with Crippen LogP contribution >= 0.6 is 0 Å². The number of carbonyl (C=O) groups excluding carboxylic acids is 1. The minimum atomic E-state index is -1.35. The fourth-order valence-electron chi connectivity index (χ4n) is 2.49. The number of carboxylic acids is 1. The Morgan fingerprint density at radius 3 is 2.50 bits per heavy atom. The van der Waals surface area contributed by atoms with Gasteiger partial charge in [-0.05, 0) is 30.7 Å². The quantitative estimate of drug-likeness (QED) is 0.771. The van der Waals surface area contributed by atoms with Crippen molar-refractivity contribution < 1.29 is 14.7 Å². The molecule has 1 aliphatic heterocycles. The highest BCUT2D eigenvalue weighted by atomic mass is 16.4. The van der Waals surface area contributed by atoms with E-state index in [9.17, 15) is 9.59 Å². The zero-order valence-corrected chi connectivity index (χ0v) is 10.2. The second kappa shape index (κ2) is 5.67. The Labute approximate surface area is 106 Å². The summed E-state index contributed by atoms with van der Waals surface area (Å²) in [5.41, 5.74) is 1.28. The predicted molar refractivity (Wildman–Crippen MR) is 67.2 cm³/mol. The molecule has 18 heavy (non-hydrogen) atoms. The van der Waals surface area contributed by atoms with Crippen LogP contribution in [0.25, 0.3) is 0 Å². The number of nitrogens with zero attached hydrogens (tertiary/aromatic N) is 1. The van der Waals surface area contributed by atoms with Crippen molar-refractivity contribution in [2.24, 2.45) is 0 Å². The summed E-state index contributed by atoms with van der Waals surface area (Å²) in [4.78, 5) is 23.5. The number of amides is 1. The Morgan fingerprint density at radius 1 is 1.11 bits per heavy atom. The zero-order chi connectivity index (χ0) is 13.0. The molecule has 1 N–H and O–H groups in total. The summed E-state index contributed by atoms with van der Waals surface area (Å²) in [6.07, 6.45) is 2.70. The van der Waals surface area contributed by atoms with E-state index in [4.69, 9.17) is 5.11 Å². The molecular weight excluding hydrogens is 230 g/mol. The van der Waals surface area contributed by atoms with E-state index in [1.165, 1.54) is 10.5 Å². The lowest BCUT2D eigenvalue weighted by Crippen LogP contribution is -2.37.